The molecule has 0 unspecified atom stereocenters. The second-order valence-corrected chi connectivity index (χ2v) is 10.2. The highest BCUT2D eigenvalue weighted by Gasteiger charge is 2.07. The highest BCUT2D eigenvalue weighted by molar-refractivity contribution is 9.09. The molecule has 0 aromatic carbocycles. The maximum atomic E-state index is 10.9. The number of nitrogens with two attached hydrogens (primary N) is 1. The van der Waals surface area contributed by atoms with E-state index in [0.717, 1.165) is 39.3 Å². The second kappa shape index (κ2) is 21.9. The lowest BCUT2D eigenvalue weighted by Gasteiger charge is -2.04. The van der Waals surface area contributed by atoms with Gasteiger partial charge in [-0.15, -0.1) is 28.3 Å². The number of hydrogen-bond donors (Lipinski definition) is 4. The number of halogens is 2. The number of aliphatic hydroxyl groups excluding tert-OH is 1. The molecular formula is C30H34Br2N8O2S2. The number of pyridine rings is 4. The summed E-state index contributed by atoms with van der Waals surface area (Å²) in [5.41, 5.74) is 9.67. The molecule has 5 aromatic rings. The molecule has 0 radical (unpaired) electrons. The van der Waals surface area contributed by atoms with Crippen molar-refractivity contribution in [3.8, 4) is 11.4 Å². The van der Waals surface area contributed by atoms with Gasteiger partial charge in [-0.3, -0.25) is 14.8 Å². The van der Waals surface area contributed by atoms with Crippen LogP contribution in [0.25, 0.3) is 11.4 Å². The molecule has 5 heterocycles. The molecule has 0 fully saturated rings. The first-order valence-electron chi connectivity index (χ1n) is 12.9. The van der Waals surface area contributed by atoms with Gasteiger partial charge in [0.2, 0.25) is 0 Å². The van der Waals surface area contributed by atoms with Crippen LogP contribution in [0.3, 0.4) is 0 Å². The molecule has 14 heteroatoms. The third-order valence-corrected chi connectivity index (χ3v) is 6.36. The first kappa shape index (κ1) is 38.3. The van der Waals surface area contributed by atoms with Gasteiger partial charge in [-0.05, 0) is 80.5 Å². The smallest absolute Gasteiger partial charge is 0.191 e. The van der Waals surface area contributed by atoms with E-state index in [1.807, 2.05) is 61.7 Å². The number of aliphatic hydroxyl groups is 1. The summed E-state index contributed by atoms with van der Waals surface area (Å²) in [7, 11) is 0. The molecule has 0 spiro atoms. The van der Waals surface area contributed by atoms with Crippen molar-refractivity contribution in [1.29, 1.82) is 0 Å². The maximum Gasteiger partial charge on any atom is 0.191 e. The van der Waals surface area contributed by atoms with Crippen molar-refractivity contribution in [2.24, 2.45) is 5.73 Å². The Labute approximate surface area is 285 Å². The highest BCUT2D eigenvalue weighted by atomic mass is 79.9. The highest BCUT2D eigenvalue weighted by Crippen LogP contribution is 2.26. The maximum absolute atomic E-state index is 10.9. The summed E-state index contributed by atoms with van der Waals surface area (Å²) < 4.78 is 0. The van der Waals surface area contributed by atoms with Crippen molar-refractivity contribution in [3.63, 3.8) is 0 Å². The number of carbonyl (C=O) groups is 1. The number of carbonyl (C=O) groups excluding carboxylic acids is 1. The molecule has 0 bridgehead atoms. The van der Waals surface area contributed by atoms with E-state index in [1.54, 1.807) is 61.2 Å². The molecule has 5 N–H and O–H groups in total. The van der Waals surface area contributed by atoms with Gasteiger partial charge in [0.25, 0.3) is 0 Å². The van der Waals surface area contributed by atoms with Crippen LogP contribution in [0, 0.1) is 13.8 Å². The van der Waals surface area contributed by atoms with Crippen LogP contribution in [-0.2, 0) is 0 Å². The second-order valence-electron chi connectivity index (χ2n) is 8.29. The molecule has 0 amide bonds. The monoisotopic (exact) mass is 760 g/mol. The molecule has 44 heavy (non-hydrogen) atoms. The van der Waals surface area contributed by atoms with E-state index in [2.05, 4.69) is 63.7 Å². The van der Waals surface area contributed by atoms with Gasteiger partial charge in [0, 0.05) is 36.8 Å². The molecule has 0 aliphatic rings. The van der Waals surface area contributed by atoms with Crippen LogP contribution in [0.2, 0.25) is 0 Å². The first-order chi connectivity index (χ1) is 20.8. The summed E-state index contributed by atoms with van der Waals surface area (Å²) in [5.74, 6) is 1.57. The first-order valence-corrected chi connectivity index (χ1v) is 15.3. The Morgan fingerprint density at radius 3 is 1.95 bits per heavy atom. The number of rotatable bonds is 6. The van der Waals surface area contributed by atoms with Crippen molar-refractivity contribution < 1.29 is 9.90 Å². The minimum absolute atomic E-state index is 0. The predicted molar refractivity (Wildman–Crippen MR) is 192 cm³/mol. The number of aromatic nitrogens is 5. The zero-order chi connectivity index (χ0) is 31.5. The Hall–Kier alpha value is -3.69. The molecule has 232 valence electrons. The van der Waals surface area contributed by atoms with Crippen molar-refractivity contribution >= 4 is 84.1 Å². The summed E-state index contributed by atoms with van der Waals surface area (Å²) in [6.07, 6.45) is 6.83. The van der Waals surface area contributed by atoms with Gasteiger partial charge in [0.15, 0.2) is 16.0 Å². The lowest BCUT2D eigenvalue weighted by Crippen LogP contribution is -2.20. The van der Waals surface area contributed by atoms with Crippen LogP contribution in [0.4, 0.5) is 16.8 Å². The molecule has 5 rings (SSSR count). The van der Waals surface area contributed by atoms with Gasteiger partial charge in [0.1, 0.15) is 23.0 Å². The average molecular weight is 763 g/mol. The third kappa shape index (κ3) is 14.2. The largest absolute Gasteiger partial charge is 0.397 e. The van der Waals surface area contributed by atoms with Crippen LogP contribution in [0.5, 0.6) is 0 Å². The van der Waals surface area contributed by atoms with E-state index in [0.29, 0.717) is 11.0 Å². The number of Topliss-reactive ketones (excluding diaryl/α,β-unsaturated/α-hetero) is 1. The predicted octanol–water partition coefficient (Wildman–Crippen LogP) is 6.93. The van der Waals surface area contributed by atoms with E-state index < -0.39 is 0 Å². The van der Waals surface area contributed by atoms with Gasteiger partial charge in [-0.2, -0.15) is 0 Å². The van der Waals surface area contributed by atoms with Gasteiger partial charge in [-0.25, -0.2) is 15.0 Å². The molecule has 10 nitrogen and oxygen atoms in total. The lowest BCUT2D eigenvalue weighted by atomic mass is 10.3. The summed E-state index contributed by atoms with van der Waals surface area (Å²) in [6.45, 7) is 5.89. The number of aryl methyl sites for hydroxylation is 2. The molecule has 0 aliphatic heterocycles. The van der Waals surface area contributed by atoms with Gasteiger partial charge in [0.05, 0.1) is 11.0 Å². The van der Waals surface area contributed by atoms with Crippen molar-refractivity contribution in [2.75, 3.05) is 22.6 Å². The number of nitrogens with one attached hydrogen (secondary N) is 2. The quantitative estimate of drug-likeness (QED) is 0.0810. The number of alkyl halides is 1. The van der Waals surface area contributed by atoms with Crippen molar-refractivity contribution in [3.05, 3.63) is 108 Å². The fourth-order valence-electron chi connectivity index (χ4n) is 3.01. The summed E-state index contributed by atoms with van der Waals surface area (Å²) >= 11 is 9.27. The SMILES string of the molecule is Br.CCO.Cc1cccnc1NC(N)=S.Cc1cccnc1Nc1nc(-c2ccccn2)cs1.O=C(CBr)c1ccccn1. The van der Waals surface area contributed by atoms with Crippen LogP contribution in [0.15, 0.2) is 90.8 Å². The Morgan fingerprint density at radius 1 is 0.886 bits per heavy atom. The number of nitrogens with zero attached hydrogens (tertiary/aromatic N) is 5. The van der Waals surface area contributed by atoms with E-state index in [4.69, 9.17) is 10.8 Å². The summed E-state index contributed by atoms with van der Waals surface area (Å²) in [6, 6.07) is 18.8. The van der Waals surface area contributed by atoms with E-state index >= 15 is 0 Å². The molecular weight excluding hydrogens is 728 g/mol. The minimum atomic E-state index is 0. The van der Waals surface area contributed by atoms with E-state index in [9.17, 15) is 4.79 Å². The third-order valence-electron chi connectivity index (χ3n) is 4.99. The van der Waals surface area contributed by atoms with Crippen molar-refractivity contribution in [1.82, 2.24) is 24.9 Å². The van der Waals surface area contributed by atoms with Gasteiger partial charge < -0.3 is 21.5 Å². The van der Waals surface area contributed by atoms with E-state index in [-0.39, 0.29) is 34.5 Å². The number of hydrogen-bond acceptors (Lipinski definition) is 10. The van der Waals surface area contributed by atoms with Crippen LogP contribution in [-0.4, -0.2) is 52.9 Å². The summed E-state index contributed by atoms with van der Waals surface area (Å²) in [5, 5.41) is 17.0. The molecule has 5 aromatic heterocycles. The van der Waals surface area contributed by atoms with E-state index in [1.165, 1.54) is 0 Å². The lowest BCUT2D eigenvalue weighted by molar-refractivity contribution is 0.101. The molecule has 0 atom stereocenters. The van der Waals surface area contributed by atoms with Gasteiger partial charge >= 0.3 is 0 Å². The fourth-order valence-corrected chi connectivity index (χ4v) is 4.10. The standard InChI is InChI=1S/C14H12N4S.C7H6BrNO.C7H9N3S.C2H6O.BrH/c1-10-5-4-8-16-13(10)18-14-17-12(9-19-14)11-6-2-3-7-15-11;8-5-7(10)6-3-1-2-4-9-6;1-5-3-2-4-9-6(5)10-7(8)11;1-2-3;/h2-9H,1H3,(H,16,17,18);1-4H,5H2;2-4H,1H3,(H3,8,9,10,11);3H,2H2,1H3;1H. The summed E-state index contributed by atoms with van der Waals surface area (Å²) in [4.78, 5) is 31.9. The number of thiocarbonyl (C=S) groups is 1. The number of ketones is 1. The van der Waals surface area contributed by atoms with Gasteiger partial charge in [-0.1, -0.05) is 40.2 Å². The molecule has 0 saturated heterocycles. The average Bonchev–Trinajstić information content (AvgIpc) is 3.49. The normalized spacial score (nSPS) is 9.30. The van der Waals surface area contributed by atoms with Crippen molar-refractivity contribution in [2.45, 2.75) is 20.8 Å². The minimum Gasteiger partial charge on any atom is -0.397 e. The Balaban J connectivity index is 0.000000334. The Kier molecular flexibility index (Phi) is 19.1. The number of thiazole rings is 1. The Morgan fingerprint density at radius 2 is 1.45 bits per heavy atom. The topological polar surface area (TPSA) is 152 Å². The number of anilines is 3. The fraction of sp³-hybridized carbons (Fsp3) is 0.167. The van der Waals surface area contributed by atoms with Crippen LogP contribution < -0.4 is 16.4 Å². The zero-order valence-electron chi connectivity index (χ0n) is 24.3. The van der Waals surface area contributed by atoms with Crippen LogP contribution in [0.1, 0.15) is 28.5 Å². The van der Waals surface area contributed by atoms with Crippen LogP contribution >= 0.6 is 56.5 Å². The molecule has 0 saturated carbocycles. The molecule has 0 aliphatic carbocycles. The Bertz CT molecular complexity index is 1540. The zero-order valence-corrected chi connectivity index (χ0v) is 29.3.